The topological polar surface area (TPSA) is 68.2 Å². The molecule has 2 N–H and O–H groups in total. The second-order valence-corrected chi connectivity index (χ2v) is 4.62. The van der Waals surface area contributed by atoms with Gasteiger partial charge in [-0.3, -0.25) is 4.79 Å². The van der Waals surface area contributed by atoms with Crippen molar-refractivity contribution in [2.45, 2.75) is 12.8 Å². The minimum absolute atomic E-state index is 0.139. The third-order valence-corrected chi connectivity index (χ3v) is 3.23. The van der Waals surface area contributed by atoms with Crippen LogP contribution >= 0.6 is 0 Å². The first-order valence-corrected chi connectivity index (χ1v) is 6.27. The van der Waals surface area contributed by atoms with Crippen molar-refractivity contribution in [1.82, 2.24) is 20.4 Å². The van der Waals surface area contributed by atoms with Crippen molar-refractivity contribution in [3.8, 4) is 5.88 Å². The number of carbonyl (C=O) groups is 1. The normalized spacial score (nSPS) is 19.6. The molecule has 1 atom stereocenters. The van der Waals surface area contributed by atoms with Crippen LogP contribution in [0.25, 0.3) is 0 Å². The smallest absolute Gasteiger partial charge is 0.271 e. The van der Waals surface area contributed by atoms with Gasteiger partial charge in [-0.25, -0.2) is 4.68 Å². The predicted molar refractivity (Wildman–Crippen MR) is 67.7 cm³/mol. The summed E-state index contributed by atoms with van der Waals surface area (Å²) in [5.74, 6) is 0.965. The van der Waals surface area contributed by atoms with Gasteiger partial charge in [0.05, 0.1) is 7.11 Å². The van der Waals surface area contributed by atoms with Gasteiger partial charge in [-0.15, -0.1) is 0 Å². The van der Waals surface area contributed by atoms with Gasteiger partial charge < -0.3 is 15.4 Å². The standard InChI is InChI=1S/C12H20N4O2/c1-16-11(18-2)6-10(15-16)12(17)14-8-9-4-3-5-13-7-9/h6,9,13H,3-5,7-8H2,1-2H3,(H,14,17). The third kappa shape index (κ3) is 3.01. The van der Waals surface area contributed by atoms with Crippen molar-refractivity contribution in [2.75, 3.05) is 26.7 Å². The lowest BCUT2D eigenvalue weighted by Crippen LogP contribution is -2.38. The molecule has 0 aromatic carbocycles. The number of hydrogen-bond acceptors (Lipinski definition) is 4. The summed E-state index contributed by atoms with van der Waals surface area (Å²) in [5.41, 5.74) is 0.401. The molecule has 18 heavy (non-hydrogen) atoms. The van der Waals surface area contributed by atoms with Gasteiger partial charge in [0.2, 0.25) is 5.88 Å². The lowest BCUT2D eigenvalue weighted by molar-refractivity contribution is 0.0939. The number of nitrogens with zero attached hydrogens (tertiary/aromatic N) is 2. The van der Waals surface area contributed by atoms with Gasteiger partial charge in [-0.2, -0.15) is 5.10 Å². The zero-order valence-electron chi connectivity index (χ0n) is 10.9. The molecule has 2 rings (SSSR count). The number of aryl methyl sites for hydroxylation is 1. The van der Waals surface area contributed by atoms with E-state index >= 15 is 0 Å². The van der Waals surface area contributed by atoms with Crippen molar-refractivity contribution in [2.24, 2.45) is 13.0 Å². The van der Waals surface area contributed by atoms with Crippen LogP contribution in [0, 0.1) is 5.92 Å². The van der Waals surface area contributed by atoms with Crippen LogP contribution in [-0.2, 0) is 7.05 Å². The summed E-state index contributed by atoms with van der Waals surface area (Å²) in [4.78, 5) is 11.9. The fraction of sp³-hybridized carbons (Fsp3) is 0.667. The van der Waals surface area contributed by atoms with Crippen LogP contribution in [-0.4, -0.2) is 42.4 Å². The quantitative estimate of drug-likeness (QED) is 0.801. The number of nitrogens with one attached hydrogen (secondary N) is 2. The minimum atomic E-state index is -0.139. The number of rotatable bonds is 4. The second-order valence-electron chi connectivity index (χ2n) is 4.62. The molecule has 1 amide bonds. The van der Waals surface area contributed by atoms with E-state index in [0.29, 0.717) is 24.0 Å². The Hall–Kier alpha value is -1.56. The molecule has 1 unspecified atom stereocenters. The summed E-state index contributed by atoms with van der Waals surface area (Å²) < 4.78 is 6.63. The van der Waals surface area contributed by atoms with Crippen molar-refractivity contribution in [3.63, 3.8) is 0 Å². The number of carbonyl (C=O) groups excluding carboxylic acids is 1. The van der Waals surface area contributed by atoms with Gasteiger partial charge in [-0.1, -0.05) is 0 Å². The van der Waals surface area contributed by atoms with Gasteiger partial charge in [0.1, 0.15) is 0 Å². The summed E-state index contributed by atoms with van der Waals surface area (Å²) in [5, 5.41) is 10.4. The number of aromatic nitrogens is 2. The number of ether oxygens (including phenoxy) is 1. The predicted octanol–water partition coefficient (Wildman–Crippen LogP) is 0.158. The van der Waals surface area contributed by atoms with Crippen LogP contribution in [0.5, 0.6) is 5.88 Å². The molecule has 2 heterocycles. The second kappa shape index (κ2) is 5.86. The molecule has 1 fully saturated rings. The lowest BCUT2D eigenvalue weighted by Gasteiger charge is -2.22. The average Bonchev–Trinajstić information content (AvgIpc) is 2.78. The Bertz CT molecular complexity index is 410. The molecular formula is C12H20N4O2. The van der Waals surface area contributed by atoms with Crippen molar-refractivity contribution in [1.29, 1.82) is 0 Å². The van der Waals surface area contributed by atoms with E-state index < -0.39 is 0 Å². The summed E-state index contributed by atoms with van der Waals surface area (Å²) in [6.45, 7) is 2.76. The Morgan fingerprint density at radius 2 is 2.56 bits per heavy atom. The summed E-state index contributed by atoms with van der Waals surface area (Å²) in [6, 6.07) is 1.65. The first-order chi connectivity index (χ1) is 8.70. The largest absolute Gasteiger partial charge is 0.481 e. The maximum absolute atomic E-state index is 11.9. The molecule has 1 aliphatic rings. The molecule has 0 spiro atoms. The monoisotopic (exact) mass is 252 g/mol. The molecule has 6 heteroatoms. The van der Waals surface area contributed by atoms with E-state index in [0.717, 1.165) is 13.1 Å². The molecule has 1 aromatic rings. The minimum Gasteiger partial charge on any atom is -0.481 e. The van der Waals surface area contributed by atoms with E-state index in [4.69, 9.17) is 4.74 Å². The Morgan fingerprint density at radius 3 is 3.17 bits per heavy atom. The highest BCUT2D eigenvalue weighted by molar-refractivity contribution is 5.92. The van der Waals surface area contributed by atoms with Crippen LogP contribution in [0.15, 0.2) is 6.07 Å². The van der Waals surface area contributed by atoms with E-state index in [1.54, 1.807) is 24.9 Å². The first-order valence-electron chi connectivity index (χ1n) is 6.27. The van der Waals surface area contributed by atoms with Gasteiger partial charge in [0, 0.05) is 19.7 Å². The Balaban J connectivity index is 1.86. The van der Waals surface area contributed by atoms with Gasteiger partial charge in [-0.05, 0) is 31.8 Å². The Morgan fingerprint density at radius 1 is 1.72 bits per heavy atom. The third-order valence-electron chi connectivity index (χ3n) is 3.23. The van der Waals surface area contributed by atoms with E-state index in [2.05, 4.69) is 15.7 Å². The fourth-order valence-corrected chi connectivity index (χ4v) is 2.18. The van der Waals surface area contributed by atoms with Crippen LogP contribution in [0.2, 0.25) is 0 Å². The molecule has 0 saturated carbocycles. The molecule has 0 bridgehead atoms. The maximum Gasteiger partial charge on any atom is 0.271 e. The van der Waals surface area contributed by atoms with Gasteiger partial charge >= 0.3 is 0 Å². The maximum atomic E-state index is 11.9. The summed E-state index contributed by atoms with van der Waals surface area (Å²) in [7, 11) is 3.31. The molecular weight excluding hydrogens is 232 g/mol. The average molecular weight is 252 g/mol. The molecule has 6 nitrogen and oxygen atoms in total. The van der Waals surface area contributed by atoms with Crippen molar-refractivity contribution < 1.29 is 9.53 Å². The number of hydrogen-bond donors (Lipinski definition) is 2. The molecule has 0 radical (unpaired) electrons. The summed E-state index contributed by atoms with van der Waals surface area (Å²) in [6.07, 6.45) is 2.34. The SMILES string of the molecule is COc1cc(C(=O)NCC2CCCNC2)nn1C. The van der Waals surface area contributed by atoms with Crippen LogP contribution in [0.3, 0.4) is 0 Å². The fourth-order valence-electron chi connectivity index (χ4n) is 2.18. The van der Waals surface area contributed by atoms with Crippen LogP contribution in [0.4, 0.5) is 0 Å². The number of piperidine rings is 1. The summed E-state index contributed by atoms with van der Waals surface area (Å²) >= 11 is 0. The van der Waals surface area contributed by atoms with E-state index in [1.165, 1.54) is 12.8 Å². The molecule has 1 aliphatic heterocycles. The highest BCUT2D eigenvalue weighted by Gasteiger charge is 2.16. The lowest BCUT2D eigenvalue weighted by atomic mass is 10.00. The van der Waals surface area contributed by atoms with Crippen molar-refractivity contribution >= 4 is 5.91 Å². The van der Waals surface area contributed by atoms with Crippen LogP contribution in [0.1, 0.15) is 23.3 Å². The number of amides is 1. The van der Waals surface area contributed by atoms with Crippen LogP contribution < -0.4 is 15.4 Å². The first kappa shape index (κ1) is 12.9. The molecule has 1 aromatic heterocycles. The van der Waals surface area contributed by atoms with Crippen molar-refractivity contribution in [3.05, 3.63) is 11.8 Å². The zero-order valence-corrected chi connectivity index (χ0v) is 10.9. The molecule has 100 valence electrons. The Labute approximate surface area is 107 Å². The van der Waals surface area contributed by atoms with Gasteiger partial charge in [0.15, 0.2) is 5.69 Å². The highest BCUT2D eigenvalue weighted by Crippen LogP contribution is 2.12. The van der Waals surface area contributed by atoms with E-state index in [1.807, 2.05) is 0 Å². The van der Waals surface area contributed by atoms with Gasteiger partial charge in [0.25, 0.3) is 5.91 Å². The zero-order chi connectivity index (χ0) is 13.0. The number of methoxy groups -OCH3 is 1. The Kier molecular flexibility index (Phi) is 4.19. The molecule has 1 saturated heterocycles. The van der Waals surface area contributed by atoms with E-state index in [9.17, 15) is 4.79 Å². The highest BCUT2D eigenvalue weighted by atomic mass is 16.5. The molecule has 0 aliphatic carbocycles. The van der Waals surface area contributed by atoms with E-state index in [-0.39, 0.29) is 5.91 Å².